The van der Waals surface area contributed by atoms with Crippen LogP contribution in [-0.4, -0.2) is 36.3 Å². The Morgan fingerprint density at radius 3 is 2.57 bits per heavy atom. The van der Waals surface area contributed by atoms with E-state index in [0.717, 1.165) is 16.6 Å². The van der Waals surface area contributed by atoms with Gasteiger partial charge >= 0.3 is 0 Å². The number of ether oxygens (including phenoxy) is 1. The lowest BCUT2D eigenvalue weighted by molar-refractivity contribution is -0.122. The van der Waals surface area contributed by atoms with E-state index in [4.69, 9.17) is 4.74 Å². The van der Waals surface area contributed by atoms with Crippen molar-refractivity contribution in [3.05, 3.63) is 59.7 Å². The number of aromatic nitrogens is 1. The molecule has 2 atom stereocenters. The van der Waals surface area contributed by atoms with E-state index in [-0.39, 0.29) is 37.2 Å². The van der Waals surface area contributed by atoms with E-state index >= 15 is 0 Å². The number of rotatable bonds is 5. The van der Waals surface area contributed by atoms with Crippen molar-refractivity contribution in [2.24, 2.45) is 0 Å². The van der Waals surface area contributed by atoms with E-state index in [1.807, 2.05) is 0 Å². The molecule has 1 aromatic heterocycles. The molecule has 0 saturated carbocycles. The molecule has 0 bridgehead atoms. The molecule has 2 N–H and O–H groups in total. The van der Waals surface area contributed by atoms with Crippen molar-refractivity contribution in [1.82, 2.24) is 10.3 Å². The van der Waals surface area contributed by atoms with Crippen LogP contribution in [0, 0.1) is 11.6 Å². The fourth-order valence-corrected chi connectivity index (χ4v) is 3.52. The number of nitrogens with one attached hydrogen (secondary N) is 2. The first kappa shape index (κ1) is 18.6. The minimum Gasteiger partial charge on any atom is -0.376 e. The normalized spacial score (nSPS) is 19.2. The molecule has 1 amide bonds. The number of halogens is 3. The minimum absolute atomic E-state index is 0.0125. The van der Waals surface area contributed by atoms with Crippen LogP contribution in [0.2, 0.25) is 0 Å². The van der Waals surface area contributed by atoms with Crippen LogP contribution in [0.25, 0.3) is 22.2 Å². The number of carbonyl (C=O) groups excluding carboxylic acids is 1. The minimum atomic E-state index is -1.21. The summed E-state index contributed by atoms with van der Waals surface area (Å²) in [6.07, 6.45) is -0.770. The highest BCUT2D eigenvalue weighted by Gasteiger charge is 2.29. The fraction of sp³-hybridized carbons (Fsp3) is 0.286. The summed E-state index contributed by atoms with van der Waals surface area (Å²) in [5.41, 5.74) is 2.93. The number of alkyl halides is 1. The summed E-state index contributed by atoms with van der Waals surface area (Å²) in [4.78, 5) is 15.5. The van der Waals surface area contributed by atoms with Crippen molar-refractivity contribution in [2.75, 3.05) is 13.2 Å². The molecule has 2 heterocycles. The molecule has 4 rings (SSSR count). The molecule has 0 aliphatic carbocycles. The maximum absolute atomic E-state index is 13.8. The monoisotopic (exact) mass is 388 g/mol. The molecule has 3 aromatic rings. The zero-order valence-electron chi connectivity index (χ0n) is 15.0. The van der Waals surface area contributed by atoms with E-state index in [9.17, 15) is 18.0 Å². The van der Waals surface area contributed by atoms with Gasteiger partial charge < -0.3 is 15.0 Å². The molecule has 28 heavy (non-hydrogen) atoms. The van der Waals surface area contributed by atoms with Crippen LogP contribution in [-0.2, 0) is 16.0 Å². The topological polar surface area (TPSA) is 54.1 Å². The van der Waals surface area contributed by atoms with Gasteiger partial charge in [0.25, 0.3) is 0 Å². The van der Waals surface area contributed by atoms with Gasteiger partial charge in [-0.25, -0.2) is 13.2 Å². The van der Waals surface area contributed by atoms with Gasteiger partial charge in [-0.1, -0.05) is 0 Å². The summed E-state index contributed by atoms with van der Waals surface area (Å²) < 4.78 is 45.7. The predicted octanol–water partition coefficient (Wildman–Crippen LogP) is 3.90. The van der Waals surface area contributed by atoms with Crippen molar-refractivity contribution in [2.45, 2.75) is 25.1 Å². The number of hydrogen-bond donors (Lipinski definition) is 2. The Morgan fingerprint density at radius 1 is 1.11 bits per heavy atom. The van der Waals surface area contributed by atoms with Gasteiger partial charge in [0.1, 0.15) is 17.8 Å². The first-order valence-corrected chi connectivity index (χ1v) is 9.08. The molecular weight excluding hydrogens is 369 g/mol. The van der Waals surface area contributed by atoms with Gasteiger partial charge in [0, 0.05) is 23.0 Å². The van der Waals surface area contributed by atoms with Crippen LogP contribution in [0.3, 0.4) is 0 Å². The van der Waals surface area contributed by atoms with Gasteiger partial charge in [0.2, 0.25) is 5.91 Å². The molecule has 4 nitrogen and oxygen atoms in total. The molecule has 146 valence electrons. The summed E-state index contributed by atoms with van der Waals surface area (Å²) in [7, 11) is 0. The third-order valence-corrected chi connectivity index (χ3v) is 4.96. The maximum atomic E-state index is 13.8. The SMILES string of the molecule is O=C(CCc1c(-c2ccc(F)cc2)[nH]c2ccc(F)cc12)N[C@H]1COC[C@H]1F. The molecule has 2 aromatic carbocycles. The quantitative estimate of drug-likeness (QED) is 0.697. The second-order valence-corrected chi connectivity index (χ2v) is 6.90. The van der Waals surface area contributed by atoms with E-state index < -0.39 is 12.2 Å². The zero-order chi connectivity index (χ0) is 19.7. The third-order valence-electron chi connectivity index (χ3n) is 4.96. The number of carbonyl (C=O) groups is 1. The summed E-state index contributed by atoms with van der Waals surface area (Å²) in [6, 6.07) is 9.71. The maximum Gasteiger partial charge on any atom is 0.220 e. The molecule has 1 aliphatic rings. The molecule has 1 fully saturated rings. The van der Waals surface area contributed by atoms with Gasteiger partial charge in [-0.15, -0.1) is 0 Å². The Morgan fingerprint density at radius 2 is 1.86 bits per heavy atom. The first-order valence-electron chi connectivity index (χ1n) is 9.08. The predicted molar refractivity (Wildman–Crippen MR) is 99.6 cm³/mol. The lowest BCUT2D eigenvalue weighted by Crippen LogP contribution is -2.40. The summed E-state index contributed by atoms with van der Waals surface area (Å²) in [6.45, 7) is 0.146. The van der Waals surface area contributed by atoms with Crippen LogP contribution in [0.5, 0.6) is 0 Å². The van der Waals surface area contributed by atoms with Crippen molar-refractivity contribution < 1.29 is 22.7 Å². The largest absolute Gasteiger partial charge is 0.376 e. The number of aryl methyl sites for hydroxylation is 1. The van der Waals surface area contributed by atoms with E-state index in [1.54, 1.807) is 18.2 Å². The van der Waals surface area contributed by atoms with Gasteiger partial charge in [0.05, 0.1) is 19.3 Å². The smallest absolute Gasteiger partial charge is 0.220 e. The van der Waals surface area contributed by atoms with Crippen molar-refractivity contribution in [3.8, 4) is 11.3 Å². The molecule has 7 heteroatoms. The van der Waals surface area contributed by atoms with Gasteiger partial charge in [-0.2, -0.15) is 0 Å². The molecule has 0 spiro atoms. The Kier molecular flexibility index (Phi) is 5.09. The molecule has 0 unspecified atom stereocenters. The van der Waals surface area contributed by atoms with Crippen molar-refractivity contribution >= 4 is 16.8 Å². The van der Waals surface area contributed by atoms with Crippen LogP contribution in [0.15, 0.2) is 42.5 Å². The van der Waals surface area contributed by atoms with Crippen LogP contribution < -0.4 is 5.32 Å². The van der Waals surface area contributed by atoms with Gasteiger partial charge in [-0.3, -0.25) is 4.79 Å². The molecule has 1 saturated heterocycles. The van der Waals surface area contributed by atoms with Crippen LogP contribution in [0.4, 0.5) is 13.2 Å². The van der Waals surface area contributed by atoms with Gasteiger partial charge in [-0.05, 0) is 60.0 Å². The summed E-state index contributed by atoms with van der Waals surface area (Å²) in [5, 5.41) is 3.31. The lowest BCUT2D eigenvalue weighted by Gasteiger charge is -2.13. The Bertz CT molecular complexity index is 1000. The summed E-state index contributed by atoms with van der Waals surface area (Å²) in [5.74, 6) is -1.04. The number of H-pyrrole nitrogens is 1. The van der Waals surface area contributed by atoms with Crippen molar-refractivity contribution in [3.63, 3.8) is 0 Å². The third kappa shape index (κ3) is 3.75. The lowest BCUT2D eigenvalue weighted by atomic mass is 10.0. The molecule has 0 radical (unpaired) electrons. The molecular formula is C21H19F3N2O2. The highest BCUT2D eigenvalue weighted by molar-refractivity contribution is 5.91. The van der Waals surface area contributed by atoms with E-state index in [2.05, 4.69) is 10.3 Å². The van der Waals surface area contributed by atoms with E-state index in [0.29, 0.717) is 17.5 Å². The zero-order valence-corrected chi connectivity index (χ0v) is 15.0. The molecule has 1 aliphatic heterocycles. The average Bonchev–Trinajstić information content (AvgIpc) is 3.24. The van der Waals surface area contributed by atoms with Crippen molar-refractivity contribution in [1.29, 1.82) is 0 Å². The Hall–Kier alpha value is -2.80. The number of hydrogen-bond acceptors (Lipinski definition) is 2. The first-order chi connectivity index (χ1) is 13.5. The number of aromatic amines is 1. The number of benzene rings is 2. The standard InChI is InChI=1S/C21H19F3N2O2/c22-13-3-1-12(2-4-13)21-15(16-9-14(23)5-7-18(16)26-21)6-8-20(27)25-19-11-28-10-17(19)24/h1-5,7,9,17,19,26H,6,8,10-11H2,(H,25,27)/t17-,19+/m1/s1. The van der Waals surface area contributed by atoms with E-state index in [1.165, 1.54) is 24.3 Å². The number of fused-ring (bicyclic) bond motifs is 1. The van der Waals surface area contributed by atoms with Crippen LogP contribution in [0.1, 0.15) is 12.0 Å². The summed E-state index contributed by atoms with van der Waals surface area (Å²) >= 11 is 0. The number of amides is 1. The van der Waals surface area contributed by atoms with Crippen LogP contribution >= 0.6 is 0 Å². The second-order valence-electron chi connectivity index (χ2n) is 6.90. The Balaban J connectivity index is 1.60. The Labute approximate surface area is 159 Å². The average molecular weight is 388 g/mol. The highest BCUT2D eigenvalue weighted by atomic mass is 19.1. The van der Waals surface area contributed by atoms with Gasteiger partial charge in [0.15, 0.2) is 0 Å². The fourth-order valence-electron chi connectivity index (χ4n) is 3.52. The highest BCUT2D eigenvalue weighted by Crippen LogP contribution is 2.32. The second kappa shape index (κ2) is 7.67.